The molecule has 0 radical (unpaired) electrons. The maximum atomic E-state index is 14.0. The van der Waals surface area contributed by atoms with Gasteiger partial charge in [0.2, 0.25) is 23.0 Å². The van der Waals surface area contributed by atoms with Gasteiger partial charge in [0, 0.05) is 44.4 Å². The Kier molecular flexibility index (Phi) is 11.8. The molecule has 11 nitrogen and oxygen atoms in total. The van der Waals surface area contributed by atoms with Gasteiger partial charge in [-0.3, -0.25) is 14.4 Å². The Hall–Kier alpha value is -4.58. The number of piperazine rings is 1. The highest BCUT2D eigenvalue weighted by molar-refractivity contribution is 7.98. The van der Waals surface area contributed by atoms with E-state index in [1.165, 1.54) is 6.92 Å². The quantitative estimate of drug-likeness (QED) is 0.276. The summed E-state index contributed by atoms with van der Waals surface area (Å²) in [6.45, 7) is 4.02. The zero-order chi connectivity index (χ0) is 35.1. The summed E-state index contributed by atoms with van der Waals surface area (Å²) in [5.74, 6) is 2.77. The molecule has 12 heteroatoms. The fourth-order valence-corrected chi connectivity index (χ4v) is 7.18. The summed E-state index contributed by atoms with van der Waals surface area (Å²) in [4.78, 5) is 44.5. The first-order chi connectivity index (χ1) is 23.7. The second-order valence-electron chi connectivity index (χ2n) is 12.1. The number of aryl methyl sites for hydroxylation is 1. The summed E-state index contributed by atoms with van der Waals surface area (Å²) in [5, 5.41) is 6.38. The molecule has 3 aromatic carbocycles. The number of fused-ring (bicyclic) bond motifs is 3. The molecule has 2 N–H and O–H groups in total. The van der Waals surface area contributed by atoms with Gasteiger partial charge in [-0.2, -0.15) is 11.8 Å². The van der Waals surface area contributed by atoms with Crippen molar-refractivity contribution in [3.8, 4) is 34.1 Å². The van der Waals surface area contributed by atoms with E-state index in [2.05, 4.69) is 15.5 Å². The number of nitrogens with zero attached hydrogens (tertiary/aromatic N) is 2. The van der Waals surface area contributed by atoms with E-state index >= 15 is 0 Å². The molecule has 5 rings (SSSR count). The van der Waals surface area contributed by atoms with Crippen molar-refractivity contribution >= 4 is 35.0 Å². The third-order valence-electron chi connectivity index (χ3n) is 9.18. The molecule has 49 heavy (non-hydrogen) atoms. The highest BCUT2D eigenvalue weighted by Gasteiger charge is 2.31. The van der Waals surface area contributed by atoms with Crippen molar-refractivity contribution in [1.29, 1.82) is 0 Å². The lowest BCUT2D eigenvalue weighted by Crippen LogP contribution is -2.53. The zero-order valence-corrected chi connectivity index (χ0v) is 29.9. The summed E-state index contributed by atoms with van der Waals surface area (Å²) >= 11 is 1.66. The Balaban J connectivity index is 1.48. The number of anilines is 2. The zero-order valence-electron chi connectivity index (χ0n) is 29.1. The summed E-state index contributed by atoms with van der Waals surface area (Å²) in [6, 6.07) is 14.0. The highest BCUT2D eigenvalue weighted by Crippen LogP contribution is 2.50. The molecule has 0 bridgehead atoms. The fourth-order valence-electron chi connectivity index (χ4n) is 6.71. The molecule has 2 amide bonds. The molecule has 0 saturated carbocycles. The van der Waals surface area contributed by atoms with Crippen molar-refractivity contribution < 1.29 is 28.5 Å². The van der Waals surface area contributed by atoms with Crippen LogP contribution in [0.25, 0.3) is 11.1 Å². The predicted molar refractivity (Wildman–Crippen MR) is 195 cm³/mol. The molecule has 1 saturated heterocycles. The van der Waals surface area contributed by atoms with E-state index in [0.717, 1.165) is 33.9 Å². The highest BCUT2D eigenvalue weighted by atomic mass is 32.2. The van der Waals surface area contributed by atoms with Crippen molar-refractivity contribution in [2.75, 3.05) is 76.8 Å². The van der Waals surface area contributed by atoms with Gasteiger partial charge >= 0.3 is 0 Å². The van der Waals surface area contributed by atoms with Crippen molar-refractivity contribution in [3.63, 3.8) is 0 Å². The fraction of sp³-hybridized carbons (Fsp3) is 0.432. The Labute approximate surface area is 292 Å². The average Bonchev–Trinajstić information content (AvgIpc) is 3.36. The van der Waals surface area contributed by atoms with Crippen LogP contribution in [0.2, 0.25) is 0 Å². The van der Waals surface area contributed by atoms with Crippen LogP contribution in [0, 0.1) is 0 Å². The van der Waals surface area contributed by atoms with E-state index < -0.39 is 12.1 Å². The van der Waals surface area contributed by atoms with Crippen LogP contribution < -0.4 is 39.9 Å². The van der Waals surface area contributed by atoms with Gasteiger partial charge < -0.3 is 39.4 Å². The van der Waals surface area contributed by atoms with E-state index in [1.54, 1.807) is 52.3 Å². The Morgan fingerprint density at radius 1 is 0.918 bits per heavy atom. The lowest BCUT2D eigenvalue weighted by atomic mass is 9.95. The summed E-state index contributed by atoms with van der Waals surface area (Å²) in [5.41, 5.74) is 4.24. The topological polar surface area (TPSA) is 119 Å². The second-order valence-corrected chi connectivity index (χ2v) is 13.1. The van der Waals surface area contributed by atoms with Crippen molar-refractivity contribution in [1.82, 2.24) is 10.2 Å². The Morgan fingerprint density at radius 2 is 1.63 bits per heavy atom. The van der Waals surface area contributed by atoms with Gasteiger partial charge in [-0.1, -0.05) is 6.07 Å². The van der Waals surface area contributed by atoms with Crippen LogP contribution >= 0.6 is 11.8 Å². The van der Waals surface area contributed by atoms with Gasteiger partial charge in [0.25, 0.3) is 0 Å². The maximum Gasteiger partial charge on any atom is 0.245 e. The number of rotatable bonds is 12. The predicted octanol–water partition coefficient (Wildman–Crippen LogP) is 4.75. The van der Waals surface area contributed by atoms with E-state index in [0.29, 0.717) is 73.9 Å². The Morgan fingerprint density at radius 3 is 2.24 bits per heavy atom. The molecule has 262 valence electrons. The summed E-state index contributed by atoms with van der Waals surface area (Å²) < 4.78 is 22.5. The van der Waals surface area contributed by atoms with E-state index in [-0.39, 0.29) is 17.2 Å². The van der Waals surface area contributed by atoms with Gasteiger partial charge in [0.1, 0.15) is 11.8 Å². The number of methoxy groups -OCH3 is 4. The van der Waals surface area contributed by atoms with Crippen molar-refractivity contribution in [2.24, 2.45) is 0 Å². The van der Waals surface area contributed by atoms with Crippen LogP contribution in [0.4, 0.5) is 11.4 Å². The minimum Gasteiger partial charge on any atom is -0.497 e. The Bertz CT molecular complexity index is 1710. The first-order valence-electron chi connectivity index (χ1n) is 16.4. The molecule has 0 aromatic heterocycles. The van der Waals surface area contributed by atoms with Crippen LogP contribution in [-0.2, 0) is 16.0 Å². The molecule has 2 aliphatic rings. The molecular formula is C37H46N4O7S. The van der Waals surface area contributed by atoms with Gasteiger partial charge in [0.15, 0.2) is 11.5 Å². The number of ether oxygens (including phenoxy) is 4. The molecule has 1 aliphatic carbocycles. The second kappa shape index (κ2) is 16.2. The first-order valence-corrected chi connectivity index (χ1v) is 17.8. The number of nitrogens with one attached hydrogen (secondary N) is 2. The number of carbonyl (C=O) groups is 2. The number of hydrogen-bond donors (Lipinski definition) is 2. The monoisotopic (exact) mass is 690 g/mol. The van der Waals surface area contributed by atoms with E-state index in [9.17, 15) is 14.4 Å². The van der Waals surface area contributed by atoms with Gasteiger partial charge in [-0.05, 0) is 90.4 Å². The third kappa shape index (κ3) is 7.85. The van der Waals surface area contributed by atoms with Gasteiger partial charge in [0.05, 0.1) is 40.2 Å². The SMILES string of the molecule is COc1ccc(N2CCN(C(=O)C(CCSC)Nc3ccc4c(cc3=O)C(NC(C)=O)CCc3cc(OC)c(OC)c(OC)c3-4)CC2)cc1. The van der Waals surface area contributed by atoms with Crippen molar-refractivity contribution in [2.45, 2.75) is 38.3 Å². The van der Waals surface area contributed by atoms with Crippen LogP contribution in [0.5, 0.6) is 23.0 Å². The molecule has 2 atom stereocenters. The molecule has 3 aromatic rings. The number of benzene rings is 2. The molecular weight excluding hydrogens is 644 g/mol. The number of carbonyl (C=O) groups excluding carboxylic acids is 2. The van der Waals surface area contributed by atoms with Crippen LogP contribution in [-0.4, -0.2) is 89.4 Å². The number of thioether (sulfide) groups is 1. The van der Waals surface area contributed by atoms with Crippen LogP contribution in [0.3, 0.4) is 0 Å². The smallest absolute Gasteiger partial charge is 0.245 e. The van der Waals surface area contributed by atoms with Crippen molar-refractivity contribution in [3.05, 3.63) is 69.9 Å². The minimum atomic E-state index is -0.591. The minimum absolute atomic E-state index is 0.0316. The average molecular weight is 691 g/mol. The number of hydrogen-bond acceptors (Lipinski definition) is 10. The molecule has 2 unspecified atom stereocenters. The van der Waals surface area contributed by atoms with E-state index in [4.69, 9.17) is 18.9 Å². The lowest BCUT2D eigenvalue weighted by Gasteiger charge is -2.37. The molecule has 1 heterocycles. The van der Waals surface area contributed by atoms with E-state index in [1.807, 2.05) is 47.6 Å². The van der Waals surface area contributed by atoms with Crippen LogP contribution in [0.1, 0.15) is 36.9 Å². The first kappa shape index (κ1) is 35.7. The maximum absolute atomic E-state index is 14.0. The normalized spacial score (nSPS) is 16.0. The number of amides is 2. The largest absolute Gasteiger partial charge is 0.497 e. The standard InChI is InChI=1S/C37H46N4O7S/c1-23(42)38-29-13-7-24-21-33(46-3)35(47-4)36(48-5)34(24)27-12-14-30(32(43)22-28(27)29)39-31(15-20-49-6)37(44)41-18-16-40(17-19-41)25-8-10-26(45-2)11-9-25/h8-12,14,21-22,29,31H,7,13,15-20H2,1-6H3,(H,38,42)(H,39,43). The molecule has 1 fully saturated rings. The van der Waals surface area contributed by atoms with Crippen LogP contribution in [0.15, 0.2) is 53.3 Å². The molecule has 0 spiro atoms. The summed E-state index contributed by atoms with van der Waals surface area (Å²) in [6.07, 6.45) is 3.72. The lowest BCUT2D eigenvalue weighted by molar-refractivity contribution is -0.132. The van der Waals surface area contributed by atoms with Gasteiger partial charge in [-0.25, -0.2) is 0 Å². The summed E-state index contributed by atoms with van der Waals surface area (Å²) in [7, 11) is 6.35. The van der Waals surface area contributed by atoms with Gasteiger partial charge in [-0.15, -0.1) is 0 Å². The molecule has 1 aliphatic heterocycles. The third-order valence-corrected chi connectivity index (χ3v) is 9.83.